The number of hydrogen-bond donors (Lipinski definition) is 0. The highest BCUT2D eigenvalue weighted by Crippen LogP contribution is 2.45. The van der Waals surface area contributed by atoms with Crippen LogP contribution in [0, 0.1) is 0 Å². The Labute approximate surface area is 309 Å². The number of para-hydroxylation sites is 1. The summed E-state index contributed by atoms with van der Waals surface area (Å²) in [5, 5.41) is 9.77. The third kappa shape index (κ3) is 4.91. The standard InChI is InChI=1S/C49H30N2OS/c1-3-11-33(12-4-1)49-50-44-26-22-32-20-23-37(29-42(32)48(44)52-49)51(36-13-5-2-6-14-36)38-24-27-45-43(30-38)47-41(16-9-17-46(47)53-45)35-21-25-40-34(28-35)19-18-31-10-7-8-15-39(31)40/h1-30H. The van der Waals surface area contributed by atoms with E-state index < -0.39 is 0 Å². The molecule has 2 aromatic heterocycles. The third-order valence-electron chi connectivity index (χ3n) is 10.4. The number of anilines is 3. The van der Waals surface area contributed by atoms with E-state index >= 15 is 0 Å². The van der Waals surface area contributed by atoms with Gasteiger partial charge in [0.05, 0.1) is 0 Å². The van der Waals surface area contributed by atoms with E-state index in [1.165, 1.54) is 52.8 Å². The van der Waals surface area contributed by atoms with Crippen molar-refractivity contribution in [1.82, 2.24) is 4.98 Å². The van der Waals surface area contributed by atoms with Crippen molar-refractivity contribution in [3.8, 4) is 22.6 Å². The van der Waals surface area contributed by atoms with Gasteiger partial charge < -0.3 is 9.32 Å². The maximum atomic E-state index is 6.48. The summed E-state index contributed by atoms with van der Waals surface area (Å²) in [5.41, 5.74) is 8.31. The fraction of sp³-hybridized carbons (Fsp3) is 0. The van der Waals surface area contributed by atoms with Gasteiger partial charge in [-0.1, -0.05) is 109 Å². The van der Waals surface area contributed by atoms with Gasteiger partial charge >= 0.3 is 0 Å². The van der Waals surface area contributed by atoms with Gasteiger partial charge in [-0.15, -0.1) is 11.3 Å². The molecule has 0 bridgehead atoms. The summed E-state index contributed by atoms with van der Waals surface area (Å²) in [4.78, 5) is 7.21. The first-order chi connectivity index (χ1) is 26.2. The van der Waals surface area contributed by atoms with Crippen molar-refractivity contribution in [2.75, 3.05) is 4.90 Å². The third-order valence-corrected chi connectivity index (χ3v) is 11.6. The zero-order valence-electron chi connectivity index (χ0n) is 28.5. The Balaban J connectivity index is 1.09. The Morgan fingerprint density at radius 2 is 1.13 bits per heavy atom. The average Bonchev–Trinajstić information content (AvgIpc) is 3.84. The predicted molar refractivity (Wildman–Crippen MR) is 225 cm³/mol. The normalized spacial score (nSPS) is 11.8. The molecule has 0 saturated carbocycles. The van der Waals surface area contributed by atoms with Crippen molar-refractivity contribution in [3.05, 3.63) is 182 Å². The number of nitrogens with zero attached hydrogens (tertiary/aromatic N) is 2. The van der Waals surface area contributed by atoms with Gasteiger partial charge in [0.1, 0.15) is 5.52 Å². The molecule has 0 aliphatic rings. The van der Waals surface area contributed by atoms with Gasteiger partial charge in [0.2, 0.25) is 5.89 Å². The van der Waals surface area contributed by atoms with E-state index in [1.807, 2.05) is 47.7 Å². The summed E-state index contributed by atoms with van der Waals surface area (Å²) in [6.07, 6.45) is 0. The number of rotatable bonds is 5. The summed E-state index contributed by atoms with van der Waals surface area (Å²) >= 11 is 1.85. The fourth-order valence-corrected chi connectivity index (χ4v) is 9.05. The number of aromatic nitrogens is 1. The van der Waals surface area contributed by atoms with Crippen molar-refractivity contribution < 1.29 is 4.42 Å². The van der Waals surface area contributed by atoms with Crippen LogP contribution in [0.3, 0.4) is 0 Å². The first-order valence-electron chi connectivity index (χ1n) is 17.9. The second kappa shape index (κ2) is 11.9. The molecule has 11 rings (SSSR count). The van der Waals surface area contributed by atoms with Crippen LogP contribution in [0.4, 0.5) is 17.1 Å². The molecule has 0 amide bonds. The molecular formula is C49H30N2OS. The minimum atomic E-state index is 0.628. The lowest BCUT2D eigenvalue weighted by atomic mass is 9.95. The SMILES string of the molecule is c1ccc(-c2nc3ccc4ccc(N(c5ccccc5)c5ccc6sc7cccc(-c8ccc9c(ccc%10ccccc%109)c8)c7c6c5)cc4c3o2)cc1. The minimum Gasteiger partial charge on any atom is -0.435 e. The molecule has 2 heterocycles. The maximum absolute atomic E-state index is 6.48. The molecule has 248 valence electrons. The highest BCUT2D eigenvalue weighted by molar-refractivity contribution is 7.26. The first-order valence-corrected chi connectivity index (χ1v) is 18.7. The molecule has 3 nitrogen and oxygen atoms in total. The summed E-state index contributed by atoms with van der Waals surface area (Å²) < 4.78 is 9.04. The molecule has 0 N–H and O–H groups in total. The van der Waals surface area contributed by atoms with E-state index in [4.69, 9.17) is 9.40 Å². The molecule has 0 aliphatic heterocycles. The lowest BCUT2D eigenvalue weighted by Gasteiger charge is -2.26. The van der Waals surface area contributed by atoms with Gasteiger partial charge in [0, 0.05) is 48.2 Å². The molecule has 0 radical (unpaired) electrons. The highest BCUT2D eigenvalue weighted by Gasteiger charge is 2.19. The molecule has 4 heteroatoms. The summed E-state index contributed by atoms with van der Waals surface area (Å²) in [5.74, 6) is 0.628. The van der Waals surface area contributed by atoms with Crippen LogP contribution in [0.1, 0.15) is 0 Å². The van der Waals surface area contributed by atoms with Gasteiger partial charge in [0.25, 0.3) is 0 Å². The minimum absolute atomic E-state index is 0.628. The van der Waals surface area contributed by atoms with Crippen LogP contribution in [0.25, 0.3) is 86.2 Å². The van der Waals surface area contributed by atoms with E-state index in [-0.39, 0.29) is 0 Å². The van der Waals surface area contributed by atoms with Crippen LogP contribution < -0.4 is 4.90 Å². The summed E-state index contributed by atoms with van der Waals surface area (Å²) in [7, 11) is 0. The summed E-state index contributed by atoms with van der Waals surface area (Å²) in [6.45, 7) is 0. The van der Waals surface area contributed by atoms with Crippen molar-refractivity contribution in [2.45, 2.75) is 0 Å². The van der Waals surface area contributed by atoms with Crippen LogP contribution >= 0.6 is 11.3 Å². The number of fused-ring (bicyclic) bond motifs is 9. The van der Waals surface area contributed by atoms with E-state index in [0.29, 0.717) is 5.89 Å². The highest BCUT2D eigenvalue weighted by atomic mass is 32.1. The number of thiophene rings is 1. The van der Waals surface area contributed by atoms with Gasteiger partial charge in [-0.05, 0) is 111 Å². The molecule has 9 aromatic carbocycles. The number of oxazole rings is 1. The van der Waals surface area contributed by atoms with E-state index in [9.17, 15) is 0 Å². The van der Waals surface area contributed by atoms with Gasteiger partial charge in [-0.25, -0.2) is 4.98 Å². The molecular weight excluding hydrogens is 665 g/mol. The molecule has 11 aromatic rings. The zero-order valence-corrected chi connectivity index (χ0v) is 29.3. The van der Waals surface area contributed by atoms with Crippen molar-refractivity contribution >= 4 is 92.0 Å². The summed E-state index contributed by atoms with van der Waals surface area (Å²) in [6, 6.07) is 65.2. The molecule has 0 fully saturated rings. The molecule has 53 heavy (non-hydrogen) atoms. The van der Waals surface area contributed by atoms with Crippen LogP contribution in [-0.2, 0) is 0 Å². The molecule has 0 aliphatic carbocycles. The van der Waals surface area contributed by atoms with Gasteiger partial charge in [0.15, 0.2) is 5.58 Å². The average molecular weight is 695 g/mol. The Morgan fingerprint density at radius 3 is 2.02 bits per heavy atom. The number of hydrogen-bond acceptors (Lipinski definition) is 4. The Bertz CT molecular complexity index is 3180. The van der Waals surface area contributed by atoms with E-state index in [0.717, 1.165) is 44.5 Å². The Morgan fingerprint density at radius 1 is 0.434 bits per heavy atom. The number of benzene rings is 9. The van der Waals surface area contributed by atoms with Crippen molar-refractivity contribution in [1.29, 1.82) is 0 Å². The second-order valence-electron chi connectivity index (χ2n) is 13.6. The zero-order chi connectivity index (χ0) is 34.9. The smallest absolute Gasteiger partial charge is 0.227 e. The van der Waals surface area contributed by atoms with Gasteiger partial charge in [-0.2, -0.15) is 0 Å². The van der Waals surface area contributed by atoms with Crippen molar-refractivity contribution in [3.63, 3.8) is 0 Å². The van der Waals surface area contributed by atoms with E-state index in [2.05, 4.69) is 150 Å². The monoisotopic (exact) mass is 694 g/mol. The topological polar surface area (TPSA) is 29.3 Å². The van der Waals surface area contributed by atoms with Crippen LogP contribution in [0.2, 0.25) is 0 Å². The van der Waals surface area contributed by atoms with Gasteiger partial charge in [-0.3, -0.25) is 0 Å². The quantitative estimate of drug-likeness (QED) is 0.168. The predicted octanol–water partition coefficient (Wildman–Crippen LogP) is 14.5. The fourth-order valence-electron chi connectivity index (χ4n) is 7.94. The van der Waals surface area contributed by atoms with E-state index in [1.54, 1.807) is 0 Å². The lowest BCUT2D eigenvalue weighted by molar-refractivity contribution is 0.623. The molecule has 0 saturated heterocycles. The largest absolute Gasteiger partial charge is 0.435 e. The van der Waals surface area contributed by atoms with Crippen LogP contribution in [-0.4, -0.2) is 4.98 Å². The molecule has 0 atom stereocenters. The van der Waals surface area contributed by atoms with Crippen molar-refractivity contribution in [2.24, 2.45) is 0 Å². The second-order valence-corrected chi connectivity index (χ2v) is 14.6. The lowest BCUT2D eigenvalue weighted by Crippen LogP contribution is -2.09. The first kappa shape index (κ1) is 29.9. The van der Waals surface area contributed by atoms with Crippen LogP contribution in [0.5, 0.6) is 0 Å². The Hall–Kier alpha value is -6.75. The molecule has 0 unspecified atom stereocenters. The maximum Gasteiger partial charge on any atom is 0.227 e. The Kier molecular flexibility index (Phi) is 6.73. The van der Waals surface area contributed by atoms with Crippen LogP contribution in [0.15, 0.2) is 186 Å². The molecule has 0 spiro atoms.